The average Bonchev–Trinajstić information content (AvgIpc) is 2.82. The highest BCUT2D eigenvalue weighted by atomic mass is 19.1. The van der Waals surface area contributed by atoms with E-state index in [4.69, 9.17) is 9.31 Å². The normalized spacial score (nSPS) is 19.4. The van der Waals surface area contributed by atoms with E-state index in [-0.39, 0.29) is 0 Å². The van der Waals surface area contributed by atoms with E-state index in [1.54, 1.807) is 6.08 Å². The third-order valence-corrected chi connectivity index (χ3v) is 5.57. The Morgan fingerprint density at radius 3 is 1.81 bits per heavy atom. The molecule has 0 spiro atoms. The Morgan fingerprint density at radius 2 is 1.31 bits per heavy atom. The van der Waals surface area contributed by atoms with Gasteiger partial charge in [-0.2, -0.15) is 0 Å². The van der Waals surface area contributed by atoms with E-state index in [1.807, 2.05) is 76.2 Å². The Labute approximate surface area is 153 Å². The Bertz CT molecular complexity index is 953. The second kappa shape index (κ2) is 5.93. The van der Waals surface area contributed by atoms with Crippen LogP contribution in [0.5, 0.6) is 0 Å². The average molecular weight is 348 g/mol. The second-order valence-electron chi connectivity index (χ2n) is 7.85. The van der Waals surface area contributed by atoms with Crippen LogP contribution in [0.1, 0.15) is 33.3 Å². The minimum atomic E-state index is -0.988. The highest BCUT2D eigenvalue weighted by Gasteiger charge is 2.53. The molecule has 4 heteroatoms. The van der Waals surface area contributed by atoms with Crippen molar-refractivity contribution >= 4 is 34.7 Å². The summed E-state index contributed by atoms with van der Waals surface area (Å²) in [5.74, 6) is 0. The minimum Gasteiger partial charge on any atom is -0.398 e. The molecular formula is C22H22BFO2. The predicted molar refractivity (Wildman–Crippen MR) is 107 cm³/mol. The third kappa shape index (κ3) is 2.74. The zero-order valence-electron chi connectivity index (χ0n) is 15.5. The summed E-state index contributed by atoms with van der Waals surface area (Å²) >= 11 is 0. The summed E-state index contributed by atoms with van der Waals surface area (Å²) < 4.78 is 26.9. The molecule has 0 atom stereocenters. The summed E-state index contributed by atoms with van der Waals surface area (Å²) in [5, 5.41) is 4.19. The van der Waals surface area contributed by atoms with Gasteiger partial charge in [0.15, 0.2) is 0 Å². The van der Waals surface area contributed by atoms with Crippen LogP contribution >= 0.6 is 0 Å². The molecule has 26 heavy (non-hydrogen) atoms. The monoisotopic (exact) mass is 348 g/mol. The van der Waals surface area contributed by atoms with Crippen molar-refractivity contribution < 1.29 is 13.7 Å². The standard InChI is InChI=1S/C22H22BFO2/c1-21(2)22(3,4)26-23(25-21)20(24)14-19-17-11-7-5-9-15(17)13-16-10-6-8-12-18(16)19/h5-14H,1-4H3. The van der Waals surface area contributed by atoms with Crippen LogP contribution in [0.3, 0.4) is 0 Å². The SMILES string of the molecule is CC1(C)OB(C(F)=Cc2c3ccccc3cc3ccccc23)OC1(C)C. The molecule has 1 aliphatic heterocycles. The molecule has 1 aliphatic rings. The summed E-state index contributed by atoms with van der Waals surface area (Å²) in [6.45, 7) is 7.70. The first kappa shape index (κ1) is 17.3. The van der Waals surface area contributed by atoms with E-state index in [0.717, 1.165) is 27.1 Å². The number of fused-ring (bicyclic) bond motifs is 2. The van der Waals surface area contributed by atoms with Gasteiger partial charge in [0.1, 0.15) is 5.73 Å². The van der Waals surface area contributed by atoms with Crippen molar-refractivity contribution in [1.29, 1.82) is 0 Å². The molecule has 0 amide bonds. The van der Waals surface area contributed by atoms with Gasteiger partial charge in [-0.1, -0.05) is 48.5 Å². The van der Waals surface area contributed by atoms with Crippen molar-refractivity contribution in [2.45, 2.75) is 38.9 Å². The van der Waals surface area contributed by atoms with Gasteiger partial charge >= 0.3 is 7.12 Å². The minimum absolute atomic E-state index is 0.412. The third-order valence-electron chi connectivity index (χ3n) is 5.57. The lowest BCUT2D eigenvalue weighted by molar-refractivity contribution is 0.00578. The number of benzene rings is 3. The van der Waals surface area contributed by atoms with Crippen molar-refractivity contribution in [2.24, 2.45) is 0 Å². The molecule has 1 heterocycles. The molecule has 0 aromatic heterocycles. The maximum absolute atomic E-state index is 15.1. The maximum Gasteiger partial charge on any atom is 0.525 e. The Kier molecular flexibility index (Phi) is 3.94. The first-order valence-electron chi connectivity index (χ1n) is 8.92. The quantitative estimate of drug-likeness (QED) is 0.422. The van der Waals surface area contributed by atoms with Crippen molar-refractivity contribution in [3.8, 4) is 0 Å². The Balaban J connectivity index is 1.87. The van der Waals surface area contributed by atoms with E-state index in [9.17, 15) is 0 Å². The molecule has 0 unspecified atom stereocenters. The van der Waals surface area contributed by atoms with E-state index in [0.29, 0.717) is 0 Å². The van der Waals surface area contributed by atoms with Gasteiger partial charge < -0.3 is 9.31 Å². The molecule has 0 N–H and O–H groups in total. The van der Waals surface area contributed by atoms with Crippen LogP contribution in [-0.2, 0) is 9.31 Å². The first-order valence-corrected chi connectivity index (χ1v) is 8.92. The van der Waals surface area contributed by atoms with Gasteiger partial charge in [0.05, 0.1) is 11.2 Å². The maximum atomic E-state index is 15.1. The van der Waals surface area contributed by atoms with E-state index < -0.39 is 24.0 Å². The molecular weight excluding hydrogens is 326 g/mol. The van der Waals surface area contributed by atoms with Crippen molar-refractivity contribution in [3.05, 3.63) is 65.9 Å². The number of hydrogen-bond donors (Lipinski definition) is 0. The molecule has 4 rings (SSSR count). The Hall–Kier alpha value is -2.17. The van der Waals surface area contributed by atoms with Gasteiger partial charge in [0.25, 0.3) is 0 Å². The van der Waals surface area contributed by atoms with Crippen LogP contribution in [0.2, 0.25) is 0 Å². The number of hydrogen-bond acceptors (Lipinski definition) is 2. The van der Waals surface area contributed by atoms with Crippen LogP contribution in [0.4, 0.5) is 4.39 Å². The van der Waals surface area contributed by atoms with Crippen LogP contribution in [0.15, 0.2) is 60.3 Å². The highest BCUT2D eigenvalue weighted by Crippen LogP contribution is 2.40. The summed E-state index contributed by atoms with van der Waals surface area (Å²) in [6.07, 6.45) is 1.56. The van der Waals surface area contributed by atoms with Crippen molar-refractivity contribution in [1.82, 2.24) is 0 Å². The fourth-order valence-corrected chi connectivity index (χ4v) is 3.37. The lowest BCUT2D eigenvalue weighted by Gasteiger charge is -2.32. The fraction of sp³-hybridized carbons (Fsp3) is 0.273. The van der Waals surface area contributed by atoms with Gasteiger partial charge in [-0.05, 0) is 66.9 Å². The van der Waals surface area contributed by atoms with Gasteiger partial charge in [-0.25, -0.2) is 4.39 Å². The topological polar surface area (TPSA) is 18.5 Å². The summed E-state index contributed by atoms with van der Waals surface area (Å²) in [6, 6.07) is 18.2. The van der Waals surface area contributed by atoms with Crippen LogP contribution in [0.25, 0.3) is 27.6 Å². The molecule has 0 saturated carbocycles. The van der Waals surface area contributed by atoms with E-state index >= 15 is 4.39 Å². The molecule has 132 valence electrons. The zero-order valence-corrected chi connectivity index (χ0v) is 15.5. The van der Waals surface area contributed by atoms with Crippen molar-refractivity contribution in [2.75, 3.05) is 0 Å². The van der Waals surface area contributed by atoms with Crippen LogP contribution in [0, 0.1) is 0 Å². The predicted octanol–water partition coefficient (Wildman–Crippen LogP) is 5.93. The second-order valence-corrected chi connectivity index (χ2v) is 7.85. The largest absolute Gasteiger partial charge is 0.525 e. The smallest absolute Gasteiger partial charge is 0.398 e. The summed E-state index contributed by atoms with van der Waals surface area (Å²) in [7, 11) is -0.988. The van der Waals surface area contributed by atoms with Crippen molar-refractivity contribution in [3.63, 3.8) is 0 Å². The molecule has 1 fully saturated rings. The van der Waals surface area contributed by atoms with Crippen LogP contribution < -0.4 is 0 Å². The fourth-order valence-electron chi connectivity index (χ4n) is 3.37. The molecule has 0 bridgehead atoms. The van der Waals surface area contributed by atoms with Gasteiger partial charge in [-0.15, -0.1) is 0 Å². The Morgan fingerprint density at radius 1 is 0.846 bits per heavy atom. The molecule has 3 aromatic carbocycles. The lowest BCUT2D eigenvalue weighted by atomic mass is 9.85. The van der Waals surface area contributed by atoms with E-state index in [1.165, 1.54) is 0 Å². The van der Waals surface area contributed by atoms with Gasteiger partial charge in [0.2, 0.25) is 0 Å². The molecule has 0 aliphatic carbocycles. The van der Waals surface area contributed by atoms with Gasteiger partial charge in [0, 0.05) is 0 Å². The highest BCUT2D eigenvalue weighted by molar-refractivity contribution is 6.54. The zero-order chi connectivity index (χ0) is 18.5. The lowest BCUT2D eigenvalue weighted by Crippen LogP contribution is -2.41. The number of halogens is 1. The van der Waals surface area contributed by atoms with Crippen LogP contribution in [-0.4, -0.2) is 18.3 Å². The summed E-state index contributed by atoms with van der Waals surface area (Å²) in [4.78, 5) is 0. The summed E-state index contributed by atoms with van der Waals surface area (Å²) in [5.41, 5.74) is -0.691. The molecule has 0 radical (unpaired) electrons. The molecule has 3 aromatic rings. The molecule has 1 saturated heterocycles. The van der Waals surface area contributed by atoms with E-state index in [2.05, 4.69) is 6.07 Å². The molecule has 2 nitrogen and oxygen atoms in total. The number of rotatable bonds is 2. The van der Waals surface area contributed by atoms with Gasteiger partial charge in [-0.3, -0.25) is 0 Å². The first-order chi connectivity index (χ1) is 12.3.